The summed E-state index contributed by atoms with van der Waals surface area (Å²) in [4.78, 5) is 0. The molecule has 0 saturated carbocycles. The molecule has 0 fully saturated rings. The van der Waals surface area contributed by atoms with Crippen LogP contribution in [0.3, 0.4) is 0 Å². The Hall–Kier alpha value is -0.670. The molecule has 0 spiro atoms. The van der Waals surface area contributed by atoms with Gasteiger partial charge in [0.2, 0.25) is 0 Å². The van der Waals surface area contributed by atoms with E-state index < -0.39 is 0 Å². The monoisotopic (exact) mass is 237 g/mol. The van der Waals surface area contributed by atoms with Gasteiger partial charge in [0.25, 0.3) is 0 Å². The lowest BCUT2D eigenvalue weighted by Gasteiger charge is -2.15. The predicted octanol–water partition coefficient (Wildman–Crippen LogP) is 2.50. The molecule has 0 radical (unpaired) electrons. The van der Waals surface area contributed by atoms with Gasteiger partial charge in [0.1, 0.15) is 5.75 Å². The van der Waals surface area contributed by atoms with Gasteiger partial charge in [0, 0.05) is 29.8 Å². The second kappa shape index (κ2) is 5.60. The molecule has 1 aromatic carbocycles. The molecule has 2 unspecified atom stereocenters. The first-order valence-corrected chi connectivity index (χ1v) is 7.14. The summed E-state index contributed by atoms with van der Waals surface area (Å²) in [5, 5.41) is 3.57. The van der Waals surface area contributed by atoms with Crippen LogP contribution < -0.4 is 10.1 Å². The third kappa shape index (κ3) is 2.71. The minimum atomic E-state index is 0.514. The van der Waals surface area contributed by atoms with Gasteiger partial charge >= 0.3 is 0 Å². The average molecular weight is 237 g/mol. The molecule has 0 aliphatic carbocycles. The Morgan fingerprint density at radius 3 is 3.12 bits per heavy atom. The number of nitrogens with one attached hydrogen (secondary N) is 1. The van der Waals surface area contributed by atoms with E-state index in [1.807, 2.05) is 17.8 Å². The highest BCUT2D eigenvalue weighted by Crippen LogP contribution is 2.32. The number of para-hydroxylation sites is 1. The summed E-state index contributed by atoms with van der Waals surface area (Å²) in [7, 11) is 0. The van der Waals surface area contributed by atoms with Gasteiger partial charge in [-0.1, -0.05) is 18.2 Å². The normalized spacial score (nSPS) is 20.2. The van der Waals surface area contributed by atoms with Crippen molar-refractivity contribution in [2.75, 3.05) is 25.2 Å². The summed E-state index contributed by atoms with van der Waals surface area (Å²) in [5.74, 6) is 2.74. The van der Waals surface area contributed by atoms with Gasteiger partial charge in [-0.15, -0.1) is 0 Å². The first-order valence-electron chi connectivity index (χ1n) is 5.75. The van der Waals surface area contributed by atoms with Gasteiger partial charge in [-0.05, 0) is 19.2 Å². The lowest BCUT2D eigenvalue weighted by Crippen LogP contribution is -2.32. The Balaban J connectivity index is 1.88. The van der Waals surface area contributed by atoms with E-state index in [0.29, 0.717) is 12.0 Å². The van der Waals surface area contributed by atoms with Crippen molar-refractivity contribution in [1.82, 2.24) is 5.32 Å². The van der Waals surface area contributed by atoms with Crippen molar-refractivity contribution in [2.45, 2.75) is 18.9 Å². The highest BCUT2D eigenvalue weighted by molar-refractivity contribution is 7.98. The SMILES string of the molecule is CSCC(C)NCC1COc2ccccc21. The molecule has 1 heterocycles. The van der Waals surface area contributed by atoms with Gasteiger partial charge in [-0.3, -0.25) is 0 Å². The van der Waals surface area contributed by atoms with E-state index >= 15 is 0 Å². The highest BCUT2D eigenvalue weighted by atomic mass is 32.2. The Labute approximate surface area is 102 Å². The molecule has 3 heteroatoms. The van der Waals surface area contributed by atoms with Crippen molar-refractivity contribution in [1.29, 1.82) is 0 Å². The number of benzene rings is 1. The minimum Gasteiger partial charge on any atom is -0.493 e. The number of ether oxygens (including phenoxy) is 1. The van der Waals surface area contributed by atoms with Crippen LogP contribution in [0.5, 0.6) is 5.75 Å². The average Bonchev–Trinajstić information content (AvgIpc) is 2.70. The van der Waals surface area contributed by atoms with E-state index in [1.165, 1.54) is 5.56 Å². The third-order valence-electron chi connectivity index (χ3n) is 2.93. The zero-order chi connectivity index (χ0) is 11.4. The van der Waals surface area contributed by atoms with E-state index in [2.05, 4.69) is 36.7 Å². The fourth-order valence-electron chi connectivity index (χ4n) is 2.05. The Kier molecular flexibility index (Phi) is 4.13. The van der Waals surface area contributed by atoms with Gasteiger partial charge in [0.05, 0.1) is 6.61 Å². The first-order chi connectivity index (χ1) is 7.81. The molecule has 1 N–H and O–H groups in total. The molecular weight excluding hydrogens is 218 g/mol. The molecule has 0 saturated heterocycles. The van der Waals surface area contributed by atoms with Gasteiger partial charge in [-0.25, -0.2) is 0 Å². The van der Waals surface area contributed by atoms with Crippen molar-refractivity contribution in [2.24, 2.45) is 0 Å². The summed E-state index contributed by atoms with van der Waals surface area (Å²) < 4.78 is 5.66. The molecule has 2 nitrogen and oxygen atoms in total. The van der Waals surface area contributed by atoms with Crippen LogP contribution in [0.15, 0.2) is 24.3 Å². The second-order valence-corrected chi connectivity index (χ2v) is 5.22. The van der Waals surface area contributed by atoms with E-state index in [9.17, 15) is 0 Å². The highest BCUT2D eigenvalue weighted by Gasteiger charge is 2.23. The summed E-state index contributed by atoms with van der Waals surface area (Å²) in [6.45, 7) is 4.06. The molecular formula is C13H19NOS. The zero-order valence-corrected chi connectivity index (χ0v) is 10.7. The fraction of sp³-hybridized carbons (Fsp3) is 0.538. The Morgan fingerprint density at radius 2 is 2.31 bits per heavy atom. The number of fused-ring (bicyclic) bond motifs is 1. The fourth-order valence-corrected chi connectivity index (χ4v) is 2.67. The maximum absolute atomic E-state index is 5.66. The van der Waals surface area contributed by atoms with Gasteiger partial charge in [-0.2, -0.15) is 11.8 Å². The molecule has 0 aromatic heterocycles. The van der Waals surface area contributed by atoms with Gasteiger partial charge < -0.3 is 10.1 Å². The van der Waals surface area contributed by atoms with E-state index in [0.717, 1.165) is 24.7 Å². The Bertz CT molecular complexity index is 342. The van der Waals surface area contributed by atoms with Gasteiger partial charge in [0.15, 0.2) is 0 Å². The molecule has 0 amide bonds. The molecule has 88 valence electrons. The van der Waals surface area contributed by atoms with Crippen LogP contribution in [0.25, 0.3) is 0 Å². The number of rotatable bonds is 5. The third-order valence-corrected chi connectivity index (χ3v) is 3.76. The lowest BCUT2D eigenvalue weighted by atomic mass is 10.0. The second-order valence-electron chi connectivity index (χ2n) is 4.31. The quantitative estimate of drug-likeness (QED) is 0.850. The van der Waals surface area contributed by atoms with Crippen molar-refractivity contribution in [3.05, 3.63) is 29.8 Å². The van der Waals surface area contributed by atoms with E-state index in [4.69, 9.17) is 4.74 Å². The molecule has 1 aliphatic rings. The molecule has 1 aromatic rings. The van der Waals surface area contributed by atoms with E-state index in [1.54, 1.807) is 0 Å². The van der Waals surface area contributed by atoms with Crippen LogP contribution in [-0.4, -0.2) is 31.2 Å². The van der Waals surface area contributed by atoms with Crippen molar-refractivity contribution < 1.29 is 4.74 Å². The maximum Gasteiger partial charge on any atom is 0.122 e. The molecule has 0 bridgehead atoms. The summed E-state index contributed by atoms with van der Waals surface area (Å²) in [5.41, 5.74) is 1.35. The minimum absolute atomic E-state index is 0.514. The number of hydrogen-bond donors (Lipinski definition) is 1. The van der Waals surface area contributed by atoms with Crippen LogP contribution in [0, 0.1) is 0 Å². The van der Waals surface area contributed by atoms with Crippen LogP contribution in [-0.2, 0) is 0 Å². The molecule has 1 aliphatic heterocycles. The predicted molar refractivity (Wildman–Crippen MR) is 70.5 cm³/mol. The largest absolute Gasteiger partial charge is 0.493 e. The van der Waals surface area contributed by atoms with Crippen LogP contribution in [0.2, 0.25) is 0 Å². The van der Waals surface area contributed by atoms with Crippen LogP contribution >= 0.6 is 11.8 Å². The molecule has 2 rings (SSSR count). The van der Waals surface area contributed by atoms with Crippen molar-refractivity contribution in [3.8, 4) is 5.75 Å². The summed E-state index contributed by atoms with van der Waals surface area (Å²) in [6, 6.07) is 8.92. The molecule has 16 heavy (non-hydrogen) atoms. The zero-order valence-electron chi connectivity index (χ0n) is 9.90. The molecule has 2 atom stereocenters. The van der Waals surface area contributed by atoms with Crippen LogP contribution in [0.4, 0.5) is 0 Å². The maximum atomic E-state index is 5.66. The Morgan fingerprint density at radius 1 is 1.50 bits per heavy atom. The summed E-state index contributed by atoms with van der Waals surface area (Å²) in [6.07, 6.45) is 2.15. The number of thioether (sulfide) groups is 1. The van der Waals surface area contributed by atoms with Crippen molar-refractivity contribution >= 4 is 11.8 Å². The first kappa shape index (κ1) is 11.8. The summed E-state index contributed by atoms with van der Waals surface area (Å²) >= 11 is 1.88. The van der Waals surface area contributed by atoms with Crippen molar-refractivity contribution in [3.63, 3.8) is 0 Å². The standard InChI is InChI=1S/C13H19NOS/c1-10(9-16-2)14-7-11-8-15-13-6-4-3-5-12(11)13/h3-6,10-11,14H,7-9H2,1-2H3. The van der Waals surface area contributed by atoms with E-state index in [-0.39, 0.29) is 0 Å². The smallest absolute Gasteiger partial charge is 0.122 e. The topological polar surface area (TPSA) is 21.3 Å². The number of hydrogen-bond acceptors (Lipinski definition) is 3. The lowest BCUT2D eigenvalue weighted by molar-refractivity contribution is 0.324. The van der Waals surface area contributed by atoms with Crippen LogP contribution in [0.1, 0.15) is 18.4 Å².